The Hall–Kier alpha value is -2.44. The summed E-state index contributed by atoms with van der Waals surface area (Å²) in [5.74, 6) is 3.81. The van der Waals surface area contributed by atoms with Crippen molar-refractivity contribution in [2.75, 3.05) is 39.3 Å². The highest BCUT2D eigenvalue weighted by molar-refractivity contribution is 6.00. The summed E-state index contributed by atoms with van der Waals surface area (Å²) >= 11 is 0. The Labute approximate surface area is 196 Å². The van der Waals surface area contributed by atoms with Gasteiger partial charge in [-0.1, -0.05) is 0 Å². The minimum absolute atomic E-state index is 0.0111. The lowest BCUT2D eigenvalue weighted by atomic mass is 9.49. The molecule has 0 aromatic heterocycles. The summed E-state index contributed by atoms with van der Waals surface area (Å²) in [5.41, 5.74) is 1.11. The predicted molar refractivity (Wildman–Crippen MR) is 125 cm³/mol. The molecule has 180 valence electrons. The first-order valence-electron chi connectivity index (χ1n) is 12.3. The fourth-order valence-electron chi connectivity index (χ4n) is 7.55. The maximum atomic E-state index is 12.9. The van der Waals surface area contributed by atoms with Gasteiger partial charge < -0.3 is 24.4 Å². The summed E-state index contributed by atoms with van der Waals surface area (Å²) in [6.45, 7) is 1.08. The van der Waals surface area contributed by atoms with Gasteiger partial charge in [-0.3, -0.25) is 9.59 Å². The Balaban J connectivity index is 1.20. The van der Waals surface area contributed by atoms with Gasteiger partial charge in [0.25, 0.3) is 0 Å². The smallest absolute Gasteiger partial charge is 0.227 e. The van der Waals surface area contributed by atoms with Gasteiger partial charge in [0.15, 0.2) is 11.5 Å². The Morgan fingerprint density at radius 1 is 1.00 bits per heavy atom. The molecule has 1 atom stereocenters. The van der Waals surface area contributed by atoms with Crippen molar-refractivity contribution in [3.05, 3.63) is 12.1 Å². The van der Waals surface area contributed by atoms with Crippen LogP contribution in [-0.2, 0) is 9.59 Å². The van der Waals surface area contributed by atoms with Crippen molar-refractivity contribution in [3.8, 4) is 17.2 Å². The molecule has 1 aromatic carbocycles. The van der Waals surface area contributed by atoms with Crippen LogP contribution in [0.25, 0.3) is 0 Å². The highest BCUT2D eigenvalue weighted by Gasteiger charge is 2.50. The van der Waals surface area contributed by atoms with E-state index in [0.29, 0.717) is 34.9 Å². The van der Waals surface area contributed by atoms with Crippen LogP contribution in [0.5, 0.6) is 17.2 Å². The number of amides is 2. The molecule has 5 fully saturated rings. The molecule has 2 amide bonds. The number of nitrogens with zero attached hydrogens (tertiary/aromatic N) is 1. The Kier molecular flexibility index (Phi) is 5.91. The van der Waals surface area contributed by atoms with Crippen LogP contribution < -0.4 is 24.4 Å². The van der Waals surface area contributed by atoms with E-state index < -0.39 is 0 Å². The fraction of sp³-hybridized carbons (Fsp3) is 0.692. The van der Waals surface area contributed by atoms with Crippen LogP contribution in [0, 0.1) is 29.1 Å². The lowest BCUT2D eigenvalue weighted by molar-refractivity contribution is -0.126. The number of rotatable bonds is 8. The van der Waals surface area contributed by atoms with E-state index in [9.17, 15) is 9.59 Å². The first kappa shape index (κ1) is 22.4. The first-order chi connectivity index (χ1) is 15.9. The minimum Gasteiger partial charge on any atom is -0.493 e. The Bertz CT molecular complexity index is 869. The molecule has 0 spiro atoms. The standard InChI is InChI=1S/C26H36N2O5/c1-31-21-10-20(11-22(32-2)24(21)33-3)28-15-19(9-23(28)29)25(30)27-5-4-26-12-16-6-17(13-26)8-18(7-16)14-26/h10-11,16-19H,4-9,12-15H2,1-3H3,(H,27,30). The van der Waals surface area contributed by atoms with Crippen LogP contribution in [0.15, 0.2) is 12.1 Å². The third-order valence-electron chi connectivity index (χ3n) is 8.58. The zero-order valence-corrected chi connectivity index (χ0v) is 20.0. The molecule has 33 heavy (non-hydrogen) atoms. The second kappa shape index (κ2) is 8.73. The van der Waals surface area contributed by atoms with Gasteiger partial charge in [0, 0.05) is 31.6 Å². The normalized spacial score (nSPS) is 32.2. The number of hydrogen-bond donors (Lipinski definition) is 1. The van der Waals surface area contributed by atoms with Gasteiger partial charge in [0.2, 0.25) is 17.6 Å². The number of ether oxygens (including phenoxy) is 3. The van der Waals surface area contributed by atoms with Crippen LogP contribution in [0.4, 0.5) is 5.69 Å². The average molecular weight is 457 g/mol. The van der Waals surface area contributed by atoms with Gasteiger partial charge in [-0.15, -0.1) is 0 Å². The van der Waals surface area contributed by atoms with Crippen LogP contribution >= 0.6 is 0 Å². The fourth-order valence-corrected chi connectivity index (χ4v) is 7.55. The van der Waals surface area contributed by atoms with Crippen molar-refractivity contribution in [2.45, 2.75) is 51.4 Å². The molecule has 0 radical (unpaired) electrons. The maximum absolute atomic E-state index is 12.9. The van der Waals surface area contributed by atoms with E-state index in [2.05, 4.69) is 5.32 Å². The molecule has 7 heteroatoms. The van der Waals surface area contributed by atoms with Crippen molar-refractivity contribution in [2.24, 2.45) is 29.1 Å². The zero-order chi connectivity index (χ0) is 23.2. The molecule has 1 heterocycles. The number of benzene rings is 1. The number of carbonyl (C=O) groups is 2. The third kappa shape index (κ3) is 4.15. The number of carbonyl (C=O) groups excluding carboxylic acids is 2. The molecule has 1 aliphatic heterocycles. The summed E-state index contributed by atoms with van der Waals surface area (Å²) in [5, 5.41) is 3.17. The van der Waals surface area contributed by atoms with E-state index in [4.69, 9.17) is 14.2 Å². The molecule has 7 nitrogen and oxygen atoms in total. The molecular formula is C26H36N2O5. The highest BCUT2D eigenvalue weighted by atomic mass is 16.5. The number of anilines is 1. The molecule has 4 bridgehead atoms. The summed E-state index contributed by atoms with van der Waals surface area (Å²) in [6.07, 6.45) is 9.67. The Morgan fingerprint density at radius 2 is 1.58 bits per heavy atom. The maximum Gasteiger partial charge on any atom is 0.227 e. The second-order valence-electron chi connectivity index (χ2n) is 10.7. The first-order valence-corrected chi connectivity index (χ1v) is 12.3. The topological polar surface area (TPSA) is 77.1 Å². The van der Waals surface area contributed by atoms with E-state index in [1.165, 1.54) is 38.5 Å². The van der Waals surface area contributed by atoms with Crippen LogP contribution in [0.3, 0.4) is 0 Å². The molecule has 1 aromatic rings. The average Bonchev–Trinajstić information content (AvgIpc) is 3.18. The van der Waals surface area contributed by atoms with Gasteiger partial charge in [-0.05, 0) is 68.1 Å². The van der Waals surface area contributed by atoms with Crippen molar-refractivity contribution in [1.29, 1.82) is 0 Å². The molecule has 1 unspecified atom stereocenters. The van der Waals surface area contributed by atoms with Gasteiger partial charge in [-0.2, -0.15) is 0 Å². The molecule has 1 saturated heterocycles. The van der Waals surface area contributed by atoms with Crippen molar-refractivity contribution < 1.29 is 23.8 Å². The van der Waals surface area contributed by atoms with Crippen molar-refractivity contribution in [1.82, 2.24) is 5.32 Å². The number of hydrogen-bond acceptors (Lipinski definition) is 5. The summed E-state index contributed by atoms with van der Waals surface area (Å²) in [6, 6.07) is 3.51. The SMILES string of the molecule is COc1cc(N2CC(C(=O)NCCC34CC5CC(CC(C5)C3)C4)CC2=O)cc(OC)c1OC. The highest BCUT2D eigenvalue weighted by Crippen LogP contribution is 2.61. The van der Waals surface area contributed by atoms with E-state index in [1.807, 2.05) is 0 Å². The lowest BCUT2D eigenvalue weighted by Gasteiger charge is -2.57. The van der Waals surface area contributed by atoms with Crippen molar-refractivity contribution in [3.63, 3.8) is 0 Å². The largest absolute Gasteiger partial charge is 0.493 e. The quantitative estimate of drug-likeness (QED) is 0.644. The van der Waals surface area contributed by atoms with Crippen LogP contribution in [0.1, 0.15) is 51.4 Å². The molecule has 1 N–H and O–H groups in total. The van der Waals surface area contributed by atoms with Gasteiger partial charge in [0.1, 0.15) is 0 Å². The third-order valence-corrected chi connectivity index (χ3v) is 8.58. The predicted octanol–water partition coefficient (Wildman–Crippen LogP) is 3.79. The number of methoxy groups -OCH3 is 3. The molecular weight excluding hydrogens is 420 g/mol. The van der Waals surface area contributed by atoms with Gasteiger partial charge in [-0.25, -0.2) is 0 Å². The van der Waals surface area contributed by atoms with Crippen LogP contribution in [-0.4, -0.2) is 46.2 Å². The lowest BCUT2D eigenvalue weighted by Crippen LogP contribution is -2.47. The minimum atomic E-state index is -0.340. The summed E-state index contributed by atoms with van der Waals surface area (Å²) in [4.78, 5) is 27.4. The number of nitrogens with one attached hydrogen (secondary N) is 1. The van der Waals surface area contributed by atoms with Gasteiger partial charge >= 0.3 is 0 Å². The van der Waals surface area contributed by atoms with Gasteiger partial charge in [0.05, 0.1) is 32.9 Å². The molecule has 6 rings (SSSR count). The molecule has 5 aliphatic rings. The second-order valence-corrected chi connectivity index (χ2v) is 10.7. The van der Waals surface area contributed by atoms with E-state index in [-0.39, 0.29) is 24.2 Å². The summed E-state index contributed by atoms with van der Waals surface area (Å²) in [7, 11) is 4.64. The zero-order valence-electron chi connectivity index (χ0n) is 20.0. The Morgan fingerprint density at radius 3 is 2.09 bits per heavy atom. The van der Waals surface area contributed by atoms with E-state index >= 15 is 0 Å². The van der Waals surface area contributed by atoms with E-state index in [0.717, 1.165) is 30.7 Å². The monoisotopic (exact) mass is 456 g/mol. The molecule has 4 aliphatic carbocycles. The van der Waals surface area contributed by atoms with E-state index in [1.54, 1.807) is 38.4 Å². The van der Waals surface area contributed by atoms with Crippen molar-refractivity contribution >= 4 is 17.5 Å². The van der Waals surface area contributed by atoms with Crippen LogP contribution in [0.2, 0.25) is 0 Å². The molecule has 4 saturated carbocycles. The summed E-state index contributed by atoms with van der Waals surface area (Å²) < 4.78 is 16.2.